The Hall–Kier alpha value is -1.93. The summed E-state index contributed by atoms with van der Waals surface area (Å²) in [5.74, 6) is 1.46. The van der Waals surface area contributed by atoms with Gasteiger partial charge in [-0.1, -0.05) is 0 Å². The summed E-state index contributed by atoms with van der Waals surface area (Å²) in [6, 6.07) is 1.34. The van der Waals surface area contributed by atoms with Crippen molar-refractivity contribution >= 4 is 22.9 Å². The standard InChI is InChI=1S/C21H37N7O/c1-14(2)26(15(3)4)11-9-22-19-18-20(28(13-23-18)16(5)6)25-21(24-19)27-10-7-8-17(27)12-29/h13-17,29H,7-12H2,1-6H3,(H,22,24,25). The molecule has 8 nitrogen and oxygen atoms in total. The van der Waals surface area contributed by atoms with E-state index in [1.807, 2.05) is 6.33 Å². The van der Waals surface area contributed by atoms with E-state index in [1.165, 1.54) is 0 Å². The third-order valence-electron chi connectivity index (χ3n) is 5.80. The number of fused-ring (bicyclic) bond motifs is 1. The van der Waals surface area contributed by atoms with E-state index in [2.05, 4.69) is 66.2 Å². The van der Waals surface area contributed by atoms with Crippen LogP contribution in [0.15, 0.2) is 6.33 Å². The molecule has 1 aliphatic heterocycles. The van der Waals surface area contributed by atoms with Gasteiger partial charge < -0.3 is 19.9 Å². The van der Waals surface area contributed by atoms with Gasteiger partial charge in [-0.15, -0.1) is 0 Å². The maximum absolute atomic E-state index is 9.75. The van der Waals surface area contributed by atoms with Crippen LogP contribution in [0.4, 0.5) is 11.8 Å². The Bertz CT molecular complexity index is 794. The predicted molar refractivity (Wildman–Crippen MR) is 119 cm³/mol. The van der Waals surface area contributed by atoms with E-state index in [9.17, 15) is 5.11 Å². The van der Waals surface area contributed by atoms with Gasteiger partial charge in [0.05, 0.1) is 19.0 Å². The van der Waals surface area contributed by atoms with Crippen molar-refractivity contribution < 1.29 is 5.11 Å². The first-order valence-corrected chi connectivity index (χ1v) is 10.9. The van der Waals surface area contributed by atoms with E-state index in [4.69, 9.17) is 9.97 Å². The molecule has 0 amide bonds. The quantitative estimate of drug-likeness (QED) is 0.666. The van der Waals surface area contributed by atoms with Crippen molar-refractivity contribution in [3.63, 3.8) is 0 Å². The Balaban J connectivity index is 1.90. The molecule has 0 spiro atoms. The Morgan fingerprint density at radius 2 is 1.90 bits per heavy atom. The first-order chi connectivity index (χ1) is 13.8. The van der Waals surface area contributed by atoms with Gasteiger partial charge in [0.15, 0.2) is 17.0 Å². The minimum absolute atomic E-state index is 0.0908. The number of nitrogens with one attached hydrogen (secondary N) is 1. The van der Waals surface area contributed by atoms with Crippen molar-refractivity contribution in [1.29, 1.82) is 0 Å². The van der Waals surface area contributed by atoms with Crippen LogP contribution in [-0.2, 0) is 0 Å². The molecule has 0 bridgehead atoms. The number of aliphatic hydroxyl groups is 1. The Morgan fingerprint density at radius 3 is 2.52 bits per heavy atom. The normalized spacial score (nSPS) is 17.6. The summed E-state index contributed by atoms with van der Waals surface area (Å²) in [7, 11) is 0. The molecule has 1 fully saturated rings. The topological polar surface area (TPSA) is 82.3 Å². The number of aliphatic hydroxyl groups excluding tert-OH is 1. The lowest BCUT2D eigenvalue weighted by Crippen LogP contribution is -2.40. The molecule has 1 atom stereocenters. The van der Waals surface area contributed by atoms with Crippen molar-refractivity contribution in [3.8, 4) is 0 Å². The highest BCUT2D eigenvalue weighted by Gasteiger charge is 2.28. The largest absolute Gasteiger partial charge is 0.394 e. The zero-order valence-electron chi connectivity index (χ0n) is 18.8. The molecule has 2 aromatic rings. The minimum atomic E-state index is 0.0908. The van der Waals surface area contributed by atoms with E-state index in [0.29, 0.717) is 18.0 Å². The van der Waals surface area contributed by atoms with Crippen LogP contribution < -0.4 is 10.2 Å². The summed E-state index contributed by atoms with van der Waals surface area (Å²) in [6.07, 6.45) is 3.87. The van der Waals surface area contributed by atoms with Crippen LogP contribution in [0.3, 0.4) is 0 Å². The lowest BCUT2D eigenvalue weighted by Gasteiger charge is -2.30. The van der Waals surface area contributed by atoms with E-state index < -0.39 is 0 Å². The van der Waals surface area contributed by atoms with Gasteiger partial charge >= 0.3 is 0 Å². The van der Waals surface area contributed by atoms with E-state index in [0.717, 1.165) is 49.5 Å². The van der Waals surface area contributed by atoms with Gasteiger partial charge in [-0.25, -0.2) is 4.98 Å². The van der Waals surface area contributed by atoms with Crippen molar-refractivity contribution in [2.45, 2.75) is 78.6 Å². The molecule has 0 saturated carbocycles. The molecular weight excluding hydrogens is 366 g/mol. The van der Waals surface area contributed by atoms with Crippen LogP contribution in [0.2, 0.25) is 0 Å². The molecule has 1 saturated heterocycles. The van der Waals surface area contributed by atoms with Crippen LogP contribution >= 0.6 is 0 Å². The third-order valence-corrected chi connectivity index (χ3v) is 5.80. The number of hydrogen-bond donors (Lipinski definition) is 2. The van der Waals surface area contributed by atoms with Gasteiger partial charge in [-0.3, -0.25) is 4.90 Å². The molecule has 29 heavy (non-hydrogen) atoms. The minimum Gasteiger partial charge on any atom is -0.394 e. The molecule has 2 aromatic heterocycles. The van der Waals surface area contributed by atoms with Gasteiger partial charge in [0.1, 0.15) is 0 Å². The first-order valence-electron chi connectivity index (χ1n) is 10.9. The fourth-order valence-corrected chi connectivity index (χ4v) is 4.24. The zero-order valence-corrected chi connectivity index (χ0v) is 18.8. The highest BCUT2D eigenvalue weighted by atomic mass is 16.3. The molecule has 0 aromatic carbocycles. The predicted octanol–water partition coefficient (Wildman–Crippen LogP) is 2.90. The number of anilines is 2. The van der Waals surface area contributed by atoms with Gasteiger partial charge in [-0.2, -0.15) is 9.97 Å². The Morgan fingerprint density at radius 1 is 1.17 bits per heavy atom. The highest BCUT2D eigenvalue weighted by Crippen LogP contribution is 2.28. The monoisotopic (exact) mass is 403 g/mol. The van der Waals surface area contributed by atoms with Gasteiger partial charge in [0.25, 0.3) is 0 Å². The maximum Gasteiger partial charge on any atom is 0.229 e. The maximum atomic E-state index is 9.75. The first kappa shape index (κ1) is 21.8. The SMILES string of the molecule is CC(C)N(CCNc1nc(N2CCCC2CO)nc2c1ncn2C(C)C)C(C)C. The van der Waals surface area contributed by atoms with Crippen LogP contribution in [-0.4, -0.2) is 73.9 Å². The molecule has 1 aliphatic rings. The summed E-state index contributed by atoms with van der Waals surface area (Å²) >= 11 is 0. The molecule has 0 aliphatic carbocycles. The molecular formula is C21H37N7O. The summed E-state index contributed by atoms with van der Waals surface area (Å²) in [5, 5.41) is 13.3. The summed E-state index contributed by atoms with van der Waals surface area (Å²) < 4.78 is 2.09. The average Bonchev–Trinajstić information content (AvgIpc) is 3.30. The van der Waals surface area contributed by atoms with Gasteiger partial charge in [0, 0.05) is 37.8 Å². The van der Waals surface area contributed by atoms with Crippen molar-refractivity contribution in [1.82, 2.24) is 24.4 Å². The molecule has 1 unspecified atom stereocenters. The van der Waals surface area contributed by atoms with Crippen LogP contribution in [0.5, 0.6) is 0 Å². The number of nitrogens with zero attached hydrogens (tertiary/aromatic N) is 6. The number of rotatable bonds is 9. The smallest absolute Gasteiger partial charge is 0.229 e. The molecule has 162 valence electrons. The third kappa shape index (κ3) is 4.64. The lowest BCUT2D eigenvalue weighted by molar-refractivity contribution is 0.182. The Kier molecular flexibility index (Phi) is 6.95. The fraction of sp³-hybridized carbons (Fsp3) is 0.762. The zero-order chi connectivity index (χ0) is 21.1. The van der Waals surface area contributed by atoms with Crippen LogP contribution in [0.25, 0.3) is 11.2 Å². The Labute approximate surface area is 174 Å². The summed E-state index contributed by atoms with van der Waals surface area (Å²) in [4.78, 5) is 18.9. The van der Waals surface area contributed by atoms with Crippen molar-refractivity contribution in [2.24, 2.45) is 0 Å². The van der Waals surface area contributed by atoms with Crippen molar-refractivity contribution in [3.05, 3.63) is 6.33 Å². The van der Waals surface area contributed by atoms with Crippen molar-refractivity contribution in [2.75, 3.05) is 36.5 Å². The molecule has 2 N–H and O–H groups in total. The number of hydrogen-bond acceptors (Lipinski definition) is 7. The van der Waals surface area contributed by atoms with Gasteiger partial charge in [-0.05, 0) is 54.4 Å². The van der Waals surface area contributed by atoms with Crippen LogP contribution in [0, 0.1) is 0 Å². The number of imidazole rings is 1. The second kappa shape index (κ2) is 9.26. The molecule has 8 heteroatoms. The second-order valence-electron chi connectivity index (χ2n) is 8.81. The highest BCUT2D eigenvalue weighted by molar-refractivity contribution is 5.84. The second-order valence-corrected chi connectivity index (χ2v) is 8.81. The molecule has 3 rings (SSSR count). The lowest BCUT2D eigenvalue weighted by atomic mass is 10.2. The van der Waals surface area contributed by atoms with E-state index >= 15 is 0 Å². The van der Waals surface area contributed by atoms with E-state index in [-0.39, 0.29) is 18.7 Å². The summed E-state index contributed by atoms with van der Waals surface area (Å²) in [6.45, 7) is 15.9. The number of aromatic nitrogens is 4. The molecule has 3 heterocycles. The average molecular weight is 404 g/mol. The summed E-state index contributed by atoms with van der Waals surface area (Å²) in [5.41, 5.74) is 1.66. The molecule has 0 radical (unpaired) electrons. The van der Waals surface area contributed by atoms with E-state index in [1.54, 1.807) is 0 Å². The van der Waals surface area contributed by atoms with Gasteiger partial charge in [0.2, 0.25) is 5.95 Å². The fourth-order valence-electron chi connectivity index (χ4n) is 4.24. The van der Waals surface area contributed by atoms with Crippen LogP contribution in [0.1, 0.15) is 60.4 Å².